The van der Waals surface area contributed by atoms with Crippen LogP contribution in [0.3, 0.4) is 0 Å². The number of amidine groups is 1. The largest absolute Gasteiger partial charge is 0.462 e. The fourth-order valence-corrected chi connectivity index (χ4v) is 1.31. The van der Waals surface area contributed by atoms with Gasteiger partial charge < -0.3 is 10.1 Å². The summed E-state index contributed by atoms with van der Waals surface area (Å²) in [6.07, 6.45) is 0.116. The SMILES string of the molecule is Cc1ccc(NC(=NC(C)C)OC(C)C)cc1. The summed E-state index contributed by atoms with van der Waals surface area (Å²) < 4.78 is 5.63. The number of aryl methyl sites for hydroxylation is 1. The number of aliphatic imine (C=N–C) groups is 1. The highest BCUT2D eigenvalue weighted by Gasteiger charge is 2.05. The van der Waals surface area contributed by atoms with E-state index in [4.69, 9.17) is 4.74 Å². The number of nitrogens with zero attached hydrogens (tertiary/aromatic N) is 1. The predicted molar refractivity (Wildman–Crippen MR) is 73.6 cm³/mol. The van der Waals surface area contributed by atoms with Crippen LogP contribution in [0, 0.1) is 6.92 Å². The molecule has 0 aliphatic carbocycles. The number of rotatable bonds is 3. The van der Waals surface area contributed by atoms with E-state index in [0.29, 0.717) is 6.02 Å². The fraction of sp³-hybridized carbons (Fsp3) is 0.500. The quantitative estimate of drug-likeness (QED) is 0.640. The second kappa shape index (κ2) is 6.28. The number of hydrogen-bond donors (Lipinski definition) is 1. The molecule has 1 N–H and O–H groups in total. The molecule has 3 nitrogen and oxygen atoms in total. The maximum Gasteiger partial charge on any atom is 0.289 e. The van der Waals surface area contributed by atoms with Crippen molar-refractivity contribution in [2.45, 2.75) is 46.8 Å². The summed E-state index contributed by atoms with van der Waals surface area (Å²) in [5.74, 6) is 0. The van der Waals surface area contributed by atoms with Crippen LogP contribution in [0.5, 0.6) is 0 Å². The first kappa shape index (κ1) is 13.6. The molecule has 0 saturated carbocycles. The molecule has 0 bridgehead atoms. The molecule has 0 aromatic heterocycles. The maximum absolute atomic E-state index is 5.63. The van der Waals surface area contributed by atoms with E-state index in [9.17, 15) is 0 Å². The molecule has 0 spiro atoms. The Morgan fingerprint density at radius 2 is 1.71 bits per heavy atom. The van der Waals surface area contributed by atoms with Crippen LogP contribution in [0.15, 0.2) is 29.3 Å². The first-order chi connectivity index (χ1) is 7.97. The predicted octanol–water partition coefficient (Wildman–Crippen LogP) is 3.60. The van der Waals surface area contributed by atoms with Gasteiger partial charge in [-0.2, -0.15) is 0 Å². The van der Waals surface area contributed by atoms with E-state index in [2.05, 4.69) is 29.4 Å². The molecule has 0 aliphatic heterocycles. The van der Waals surface area contributed by atoms with Crippen LogP contribution >= 0.6 is 0 Å². The van der Waals surface area contributed by atoms with Crippen molar-refractivity contribution in [1.29, 1.82) is 0 Å². The highest BCUT2D eigenvalue weighted by molar-refractivity contribution is 5.89. The highest BCUT2D eigenvalue weighted by atomic mass is 16.5. The molecule has 1 aromatic carbocycles. The van der Waals surface area contributed by atoms with Gasteiger partial charge in [0.15, 0.2) is 0 Å². The summed E-state index contributed by atoms with van der Waals surface area (Å²) in [4.78, 5) is 4.42. The van der Waals surface area contributed by atoms with Gasteiger partial charge >= 0.3 is 0 Å². The summed E-state index contributed by atoms with van der Waals surface area (Å²) in [5.41, 5.74) is 2.23. The zero-order valence-electron chi connectivity index (χ0n) is 11.3. The lowest BCUT2D eigenvalue weighted by Gasteiger charge is -2.15. The normalized spacial score (nSPS) is 12.1. The van der Waals surface area contributed by atoms with E-state index in [1.54, 1.807) is 0 Å². The lowest BCUT2D eigenvalue weighted by Crippen LogP contribution is -2.21. The van der Waals surface area contributed by atoms with Crippen LogP contribution in [0.2, 0.25) is 0 Å². The molecule has 0 heterocycles. The number of anilines is 1. The number of nitrogens with one attached hydrogen (secondary N) is 1. The maximum atomic E-state index is 5.63. The van der Waals surface area contributed by atoms with Gasteiger partial charge in [-0.3, -0.25) is 0 Å². The molecular weight excluding hydrogens is 212 g/mol. The Kier molecular flexibility index (Phi) is 5.01. The minimum atomic E-state index is 0.116. The standard InChI is InChI=1S/C14H22N2O/c1-10(2)15-14(17-11(3)4)16-13-8-6-12(5)7-9-13/h6-11H,1-5H3,(H,15,16). The van der Waals surface area contributed by atoms with Crippen LogP contribution in [-0.2, 0) is 4.74 Å². The monoisotopic (exact) mass is 234 g/mol. The van der Waals surface area contributed by atoms with Gasteiger partial charge in [0.1, 0.15) is 0 Å². The van der Waals surface area contributed by atoms with Gasteiger partial charge in [0.2, 0.25) is 0 Å². The van der Waals surface area contributed by atoms with Crippen LogP contribution in [0.25, 0.3) is 0 Å². The van der Waals surface area contributed by atoms with Gasteiger partial charge in [-0.25, -0.2) is 4.99 Å². The molecule has 0 unspecified atom stereocenters. The summed E-state index contributed by atoms with van der Waals surface area (Å²) in [7, 11) is 0. The topological polar surface area (TPSA) is 33.6 Å². The summed E-state index contributed by atoms with van der Waals surface area (Å²) >= 11 is 0. The molecule has 1 rings (SSSR count). The Bertz CT molecular complexity index is 366. The van der Waals surface area contributed by atoms with Crippen LogP contribution < -0.4 is 5.32 Å². The van der Waals surface area contributed by atoms with E-state index >= 15 is 0 Å². The Hall–Kier alpha value is -1.51. The van der Waals surface area contributed by atoms with Crippen molar-refractivity contribution in [3.63, 3.8) is 0 Å². The molecule has 0 saturated heterocycles. The van der Waals surface area contributed by atoms with Crippen LogP contribution in [-0.4, -0.2) is 18.2 Å². The first-order valence-electron chi connectivity index (χ1n) is 6.05. The Morgan fingerprint density at radius 1 is 1.12 bits per heavy atom. The molecule has 0 atom stereocenters. The van der Waals surface area contributed by atoms with Crippen molar-refractivity contribution < 1.29 is 4.74 Å². The van der Waals surface area contributed by atoms with Crippen molar-refractivity contribution in [1.82, 2.24) is 0 Å². The molecule has 1 aromatic rings. The average Bonchev–Trinajstić information content (AvgIpc) is 2.19. The Balaban J connectivity index is 2.75. The first-order valence-corrected chi connectivity index (χ1v) is 6.05. The average molecular weight is 234 g/mol. The molecule has 17 heavy (non-hydrogen) atoms. The van der Waals surface area contributed by atoms with Gasteiger partial charge in [0, 0.05) is 11.7 Å². The van der Waals surface area contributed by atoms with Crippen LogP contribution in [0.1, 0.15) is 33.3 Å². The zero-order chi connectivity index (χ0) is 12.8. The van der Waals surface area contributed by atoms with Crippen molar-refractivity contribution in [3.8, 4) is 0 Å². The number of ether oxygens (including phenoxy) is 1. The molecule has 0 amide bonds. The Labute approximate surface area is 104 Å². The Morgan fingerprint density at radius 3 is 2.18 bits per heavy atom. The highest BCUT2D eigenvalue weighted by Crippen LogP contribution is 2.10. The second-order valence-corrected chi connectivity index (χ2v) is 4.69. The summed E-state index contributed by atoms with van der Waals surface area (Å²) in [5, 5.41) is 3.20. The van der Waals surface area contributed by atoms with E-state index in [0.717, 1.165) is 5.69 Å². The van der Waals surface area contributed by atoms with Gasteiger partial charge in [0.05, 0.1) is 6.10 Å². The summed E-state index contributed by atoms with van der Waals surface area (Å²) in [6, 6.07) is 8.96. The van der Waals surface area contributed by atoms with Crippen molar-refractivity contribution >= 4 is 11.7 Å². The lowest BCUT2D eigenvalue weighted by atomic mass is 10.2. The molecule has 0 radical (unpaired) electrons. The molecule has 0 fully saturated rings. The van der Waals surface area contributed by atoms with Crippen molar-refractivity contribution in [2.24, 2.45) is 4.99 Å². The van der Waals surface area contributed by atoms with Gasteiger partial charge in [-0.15, -0.1) is 0 Å². The minimum absolute atomic E-state index is 0.116. The molecule has 94 valence electrons. The smallest absolute Gasteiger partial charge is 0.289 e. The lowest BCUT2D eigenvalue weighted by molar-refractivity contribution is 0.226. The minimum Gasteiger partial charge on any atom is -0.462 e. The van der Waals surface area contributed by atoms with Gasteiger partial charge in [-0.1, -0.05) is 17.7 Å². The van der Waals surface area contributed by atoms with E-state index in [1.807, 2.05) is 39.8 Å². The second-order valence-electron chi connectivity index (χ2n) is 4.69. The molecular formula is C14H22N2O. The number of hydrogen-bond acceptors (Lipinski definition) is 2. The molecule has 3 heteroatoms. The van der Waals surface area contributed by atoms with Gasteiger partial charge in [0.25, 0.3) is 6.02 Å². The third-order valence-corrected chi connectivity index (χ3v) is 2.03. The zero-order valence-corrected chi connectivity index (χ0v) is 11.3. The van der Waals surface area contributed by atoms with E-state index in [-0.39, 0.29) is 12.1 Å². The van der Waals surface area contributed by atoms with Crippen LogP contribution in [0.4, 0.5) is 5.69 Å². The molecule has 0 aliphatic rings. The van der Waals surface area contributed by atoms with Gasteiger partial charge in [-0.05, 0) is 46.8 Å². The number of benzene rings is 1. The summed E-state index contributed by atoms with van der Waals surface area (Å²) in [6.45, 7) is 10.1. The third kappa shape index (κ3) is 5.38. The third-order valence-electron chi connectivity index (χ3n) is 2.03. The van der Waals surface area contributed by atoms with E-state index in [1.165, 1.54) is 5.56 Å². The fourth-order valence-electron chi connectivity index (χ4n) is 1.31. The van der Waals surface area contributed by atoms with E-state index < -0.39 is 0 Å². The van der Waals surface area contributed by atoms with Crippen molar-refractivity contribution in [3.05, 3.63) is 29.8 Å². The van der Waals surface area contributed by atoms with Crippen molar-refractivity contribution in [2.75, 3.05) is 5.32 Å².